The fraction of sp³-hybridized carbons (Fsp3) is 0.444. The van der Waals surface area contributed by atoms with Crippen molar-refractivity contribution in [1.82, 2.24) is 4.98 Å². The van der Waals surface area contributed by atoms with Gasteiger partial charge in [-0.3, -0.25) is 0 Å². The minimum absolute atomic E-state index is 0.101. The average molecular weight is 283 g/mol. The summed E-state index contributed by atoms with van der Waals surface area (Å²) in [6, 6.07) is 1.49. The van der Waals surface area contributed by atoms with Crippen molar-refractivity contribution >= 4 is 21.7 Å². The summed E-state index contributed by atoms with van der Waals surface area (Å²) in [5, 5.41) is 0. The maximum Gasteiger partial charge on any atom is 0.272 e. The second-order valence-electron chi connectivity index (χ2n) is 2.24. The molecule has 0 radical (unpaired) electrons. The van der Waals surface area contributed by atoms with E-state index in [9.17, 15) is 8.78 Å². The number of nitrogen functional groups attached to an aromatic ring is 1. The van der Waals surface area contributed by atoms with Crippen LogP contribution >= 0.6 is 15.9 Å². The third-order valence-corrected chi connectivity index (χ3v) is 1.65. The lowest BCUT2D eigenvalue weighted by molar-refractivity contribution is 0.0821. The standard InChI is InChI=1S/C7H7BrF2N2O.C2H6/c8-4-1-5(7(11)12-2-4)13-3-6(9)10;1-2/h1-2,6H,3H2,(H2,11,12);1-2H3. The van der Waals surface area contributed by atoms with E-state index >= 15 is 0 Å². The lowest BCUT2D eigenvalue weighted by Gasteiger charge is -2.07. The van der Waals surface area contributed by atoms with Crippen LogP contribution in [0.2, 0.25) is 0 Å². The van der Waals surface area contributed by atoms with Crippen LogP contribution in [-0.4, -0.2) is 18.0 Å². The van der Waals surface area contributed by atoms with Crippen LogP contribution in [0.1, 0.15) is 13.8 Å². The smallest absolute Gasteiger partial charge is 0.272 e. The molecular weight excluding hydrogens is 270 g/mol. The van der Waals surface area contributed by atoms with Crippen molar-refractivity contribution in [2.75, 3.05) is 12.3 Å². The summed E-state index contributed by atoms with van der Waals surface area (Å²) in [6.45, 7) is 3.32. The number of pyridine rings is 1. The molecule has 0 bridgehead atoms. The Morgan fingerprint density at radius 1 is 1.53 bits per heavy atom. The SMILES string of the molecule is CC.Nc1ncc(Br)cc1OCC(F)F. The highest BCUT2D eigenvalue weighted by molar-refractivity contribution is 9.10. The van der Waals surface area contributed by atoms with E-state index in [2.05, 4.69) is 20.9 Å². The molecule has 1 aromatic heterocycles. The molecule has 0 aliphatic heterocycles. The van der Waals surface area contributed by atoms with E-state index in [0.717, 1.165) is 0 Å². The molecule has 0 aromatic carbocycles. The minimum atomic E-state index is -2.52. The maximum atomic E-state index is 11.8. The summed E-state index contributed by atoms with van der Waals surface area (Å²) in [4.78, 5) is 3.72. The average Bonchev–Trinajstić information content (AvgIpc) is 2.22. The zero-order valence-electron chi connectivity index (χ0n) is 8.51. The molecule has 1 rings (SSSR count). The Labute approximate surface area is 95.8 Å². The largest absolute Gasteiger partial charge is 0.484 e. The van der Waals surface area contributed by atoms with E-state index in [-0.39, 0.29) is 11.6 Å². The van der Waals surface area contributed by atoms with E-state index in [0.29, 0.717) is 4.47 Å². The number of hydrogen-bond acceptors (Lipinski definition) is 3. The molecule has 0 spiro atoms. The molecule has 86 valence electrons. The number of nitrogens with two attached hydrogens (primary N) is 1. The number of halogens is 3. The molecule has 0 unspecified atom stereocenters. The third-order valence-electron chi connectivity index (χ3n) is 1.21. The predicted molar refractivity (Wildman–Crippen MR) is 59.2 cm³/mol. The van der Waals surface area contributed by atoms with Crippen LogP contribution in [-0.2, 0) is 0 Å². The monoisotopic (exact) mass is 282 g/mol. The first kappa shape index (κ1) is 14.1. The Bertz CT molecular complexity index is 297. The van der Waals surface area contributed by atoms with Crippen LogP contribution in [0.5, 0.6) is 5.75 Å². The zero-order chi connectivity index (χ0) is 11.8. The van der Waals surface area contributed by atoms with Crippen molar-refractivity contribution in [2.45, 2.75) is 20.3 Å². The van der Waals surface area contributed by atoms with Crippen LogP contribution in [0.15, 0.2) is 16.7 Å². The highest BCUT2D eigenvalue weighted by Gasteiger charge is 2.07. The number of anilines is 1. The van der Waals surface area contributed by atoms with Crippen LogP contribution in [0.3, 0.4) is 0 Å². The Morgan fingerprint density at radius 3 is 2.67 bits per heavy atom. The molecular formula is C9H13BrF2N2O. The molecule has 2 N–H and O–H groups in total. The van der Waals surface area contributed by atoms with Gasteiger partial charge in [0.15, 0.2) is 11.6 Å². The van der Waals surface area contributed by atoms with Crippen molar-refractivity contribution < 1.29 is 13.5 Å². The van der Waals surface area contributed by atoms with Gasteiger partial charge in [-0.25, -0.2) is 13.8 Å². The number of alkyl halides is 2. The molecule has 3 nitrogen and oxygen atoms in total. The molecule has 6 heteroatoms. The van der Waals surface area contributed by atoms with Crippen molar-refractivity contribution in [3.63, 3.8) is 0 Å². The van der Waals surface area contributed by atoms with Crippen molar-refractivity contribution in [3.8, 4) is 5.75 Å². The zero-order valence-corrected chi connectivity index (χ0v) is 10.1. The van der Waals surface area contributed by atoms with Gasteiger partial charge in [0.25, 0.3) is 6.43 Å². The second kappa shape index (κ2) is 7.39. The molecule has 0 aliphatic rings. The molecule has 0 atom stereocenters. The van der Waals surface area contributed by atoms with Gasteiger partial charge in [0, 0.05) is 10.7 Å². The van der Waals surface area contributed by atoms with Gasteiger partial charge in [-0.2, -0.15) is 0 Å². The Kier molecular flexibility index (Phi) is 6.94. The third kappa shape index (κ3) is 5.51. The van der Waals surface area contributed by atoms with Gasteiger partial charge < -0.3 is 10.5 Å². The quantitative estimate of drug-likeness (QED) is 0.927. The van der Waals surface area contributed by atoms with Gasteiger partial charge in [-0.15, -0.1) is 0 Å². The first-order valence-electron chi connectivity index (χ1n) is 4.41. The summed E-state index contributed by atoms with van der Waals surface area (Å²) >= 11 is 3.12. The van der Waals surface area contributed by atoms with E-state index in [1.165, 1.54) is 12.3 Å². The molecule has 0 amide bonds. The molecule has 15 heavy (non-hydrogen) atoms. The summed E-state index contributed by atoms with van der Waals surface area (Å²) in [7, 11) is 0. The van der Waals surface area contributed by atoms with Gasteiger partial charge >= 0.3 is 0 Å². The van der Waals surface area contributed by atoms with E-state index in [1.54, 1.807) is 0 Å². The lowest BCUT2D eigenvalue weighted by Crippen LogP contribution is -2.08. The molecule has 1 heterocycles. The number of ether oxygens (including phenoxy) is 1. The second-order valence-corrected chi connectivity index (χ2v) is 3.15. The maximum absolute atomic E-state index is 11.8. The van der Waals surface area contributed by atoms with Gasteiger partial charge in [0.2, 0.25) is 0 Å². The van der Waals surface area contributed by atoms with Crippen LogP contribution in [0.25, 0.3) is 0 Å². The topological polar surface area (TPSA) is 48.1 Å². The summed E-state index contributed by atoms with van der Waals surface area (Å²) in [6.07, 6.45) is -1.05. The number of rotatable bonds is 3. The number of aromatic nitrogens is 1. The first-order chi connectivity index (χ1) is 7.09. The molecule has 0 saturated heterocycles. The van der Waals surface area contributed by atoms with Gasteiger partial charge in [-0.1, -0.05) is 13.8 Å². The fourth-order valence-corrected chi connectivity index (χ4v) is 1.01. The number of hydrogen-bond donors (Lipinski definition) is 1. The molecule has 0 aliphatic carbocycles. The van der Waals surface area contributed by atoms with Crippen molar-refractivity contribution in [3.05, 3.63) is 16.7 Å². The Hall–Kier alpha value is -0.910. The van der Waals surface area contributed by atoms with E-state index < -0.39 is 13.0 Å². The highest BCUT2D eigenvalue weighted by Crippen LogP contribution is 2.23. The van der Waals surface area contributed by atoms with E-state index in [1.807, 2.05) is 13.8 Å². The number of nitrogens with zero attached hydrogens (tertiary/aromatic N) is 1. The Morgan fingerprint density at radius 2 is 2.13 bits per heavy atom. The van der Waals surface area contributed by atoms with Gasteiger partial charge in [0.1, 0.15) is 6.61 Å². The van der Waals surface area contributed by atoms with Crippen LogP contribution < -0.4 is 10.5 Å². The van der Waals surface area contributed by atoms with Gasteiger partial charge in [0.05, 0.1) is 0 Å². The Balaban J connectivity index is 0.000000921. The minimum Gasteiger partial charge on any atom is -0.484 e. The summed E-state index contributed by atoms with van der Waals surface area (Å²) in [5.41, 5.74) is 5.37. The lowest BCUT2D eigenvalue weighted by atomic mass is 10.4. The predicted octanol–water partition coefficient (Wildman–Crippen LogP) is 3.10. The highest BCUT2D eigenvalue weighted by atomic mass is 79.9. The first-order valence-corrected chi connectivity index (χ1v) is 5.21. The molecule has 0 fully saturated rings. The molecule has 1 aromatic rings. The fourth-order valence-electron chi connectivity index (χ4n) is 0.700. The van der Waals surface area contributed by atoms with Crippen molar-refractivity contribution in [2.24, 2.45) is 0 Å². The summed E-state index contributed by atoms with van der Waals surface area (Å²) < 4.78 is 28.9. The normalized spacial score (nSPS) is 9.47. The van der Waals surface area contributed by atoms with Crippen LogP contribution in [0, 0.1) is 0 Å². The van der Waals surface area contributed by atoms with E-state index in [4.69, 9.17) is 10.5 Å². The van der Waals surface area contributed by atoms with Gasteiger partial charge in [-0.05, 0) is 22.0 Å². The molecule has 0 saturated carbocycles. The van der Waals surface area contributed by atoms with Crippen LogP contribution in [0.4, 0.5) is 14.6 Å². The van der Waals surface area contributed by atoms with Crippen molar-refractivity contribution in [1.29, 1.82) is 0 Å². The summed E-state index contributed by atoms with van der Waals surface area (Å²) in [5.74, 6) is 0.263.